The summed E-state index contributed by atoms with van der Waals surface area (Å²) >= 11 is 0. The molecule has 0 spiro atoms. The van der Waals surface area contributed by atoms with E-state index < -0.39 is 0 Å². The van der Waals surface area contributed by atoms with Crippen molar-refractivity contribution < 1.29 is 0 Å². The van der Waals surface area contributed by atoms with Gasteiger partial charge in [0.15, 0.2) is 0 Å². The Kier molecular flexibility index (Phi) is 4.82. The summed E-state index contributed by atoms with van der Waals surface area (Å²) in [5.74, 6) is 0.742. The van der Waals surface area contributed by atoms with Crippen molar-refractivity contribution in [2.24, 2.45) is 18.7 Å². The van der Waals surface area contributed by atoms with Crippen LogP contribution in [-0.2, 0) is 13.5 Å². The molecule has 3 nitrogen and oxygen atoms in total. The van der Waals surface area contributed by atoms with E-state index in [2.05, 4.69) is 25.0 Å². The molecule has 1 aromatic rings. The summed E-state index contributed by atoms with van der Waals surface area (Å²) in [7, 11) is 1.98. The number of aromatic nitrogens is 2. The summed E-state index contributed by atoms with van der Waals surface area (Å²) < 4.78 is 1.93. The van der Waals surface area contributed by atoms with Crippen molar-refractivity contribution in [3.8, 4) is 0 Å². The zero-order valence-electron chi connectivity index (χ0n) is 10.1. The second kappa shape index (κ2) is 5.91. The molecular weight excluding hydrogens is 186 g/mol. The number of rotatable bonds is 6. The first-order valence-electron chi connectivity index (χ1n) is 5.86. The molecule has 0 fully saturated rings. The molecular formula is C12H23N3. The van der Waals surface area contributed by atoms with Gasteiger partial charge in [-0.25, -0.2) is 0 Å². The Hall–Kier alpha value is -0.830. The number of hydrogen-bond donors (Lipinski definition) is 1. The van der Waals surface area contributed by atoms with Gasteiger partial charge >= 0.3 is 0 Å². The minimum Gasteiger partial charge on any atom is -0.328 e. The average molecular weight is 209 g/mol. The van der Waals surface area contributed by atoms with Gasteiger partial charge in [-0.05, 0) is 31.2 Å². The Bertz CT molecular complexity index is 280. The zero-order valence-corrected chi connectivity index (χ0v) is 10.1. The molecule has 2 unspecified atom stereocenters. The van der Waals surface area contributed by atoms with Gasteiger partial charge in [-0.3, -0.25) is 4.68 Å². The third-order valence-corrected chi connectivity index (χ3v) is 3.10. The van der Waals surface area contributed by atoms with E-state index in [1.807, 2.05) is 17.9 Å². The largest absolute Gasteiger partial charge is 0.328 e. The molecule has 15 heavy (non-hydrogen) atoms. The van der Waals surface area contributed by atoms with Crippen molar-refractivity contribution >= 4 is 0 Å². The van der Waals surface area contributed by atoms with Crippen LogP contribution in [0.4, 0.5) is 0 Å². The number of aryl methyl sites for hydroxylation is 2. The van der Waals surface area contributed by atoms with Crippen LogP contribution in [0.15, 0.2) is 12.3 Å². The molecule has 1 aromatic heterocycles. The molecule has 0 saturated carbocycles. The summed E-state index contributed by atoms with van der Waals surface area (Å²) in [4.78, 5) is 0. The molecule has 0 aliphatic rings. The maximum atomic E-state index is 6.09. The standard InChI is InChI=1S/C12H23N3/c1-4-10(2)9-11(13)5-6-12-7-8-14-15(12)3/h7-8,10-11H,4-6,9,13H2,1-3H3. The molecule has 0 radical (unpaired) electrons. The van der Waals surface area contributed by atoms with Crippen molar-refractivity contribution in [3.63, 3.8) is 0 Å². The molecule has 0 saturated heterocycles. The second-order valence-corrected chi connectivity index (χ2v) is 4.49. The average Bonchev–Trinajstić information content (AvgIpc) is 2.61. The van der Waals surface area contributed by atoms with Crippen LogP contribution in [0.3, 0.4) is 0 Å². The van der Waals surface area contributed by atoms with Gasteiger partial charge in [0.2, 0.25) is 0 Å². The summed E-state index contributed by atoms with van der Waals surface area (Å²) in [5.41, 5.74) is 7.36. The van der Waals surface area contributed by atoms with Crippen LogP contribution < -0.4 is 5.73 Å². The van der Waals surface area contributed by atoms with E-state index in [4.69, 9.17) is 5.73 Å². The molecule has 0 aromatic carbocycles. The Balaban J connectivity index is 2.28. The monoisotopic (exact) mass is 209 g/mol. The predicted octanol–water partition coefficient (Wildman–Crippen LogP) is 2.12. The lowest BCUT2D eigenvalue weighted by Gasteiger charge is -2.15. The van der Waals surface area contributed by atoms with Crippen molar-refractivity contribution in [2.45, 2.75) is 45.6 Å². The van der Waals surface area contributed by atoms with Crippen LogP contribution in [0, 0.1) is 5.92 Å². The van der Waals surface area contributed by atoms with Gasteiger partial charge in [0, 0.05) is 25.0 Å². The molecule has 0 bridgehead atoms. The van der Waals surface area contributed by atoms with Crippen LogP contribution >= 0.6 is 0 Å². The number of nitrogens with zero attached hydrogens (tertiary/aromatic N) is 2. The first kappa shape index (κ1) is 12.2. The lowest BCUT2D eigenvalue weighted by molar-refractivity contribution is 0.433. The molecule has 2 N–H and O–H groups in total. The zero-order chi connectivity index (χ0) is 11.3. The lowest BCUT2D eigenvalue weighted by atomic mass is 9.96. The predicted molar refractivity (Wildman–Crippen MR) is 63.6 cm³/mol. The molecule has 1 heterocycles. The first-order valence-corrected chi connectivity index (χ1v) is 5.86. The van der Waals surface area contributed by atoms with Crippen molar-refractivity contribution in [1.82, 2.24) is 9.78 Å². The topological polar surface area (TPSA) is 43.8 Å². The molecule has 3 heteroatoms. The third kappa shape index (κ3) is 4.04. The summed E-state index contributed by atoms with van der Waals surface area (Å²) in [6.45, 7) is 4.49. The van der Waals surface area contributed by atoms with E-state index in [-0.39, 0.29) is 0 Å². The quantitative estimate of drug-likeness (QED) is 0.780. The first-order chi connectivity index (χ1) is 7.13. The van der Waals surface area contributed by atoms with Gasteiger partial charge in [-0.2, -0.15) is 5.10 Å². The van der Waals surface area contributed by atoms with Gasteiger partial charge in [0.05, 0.1) is 0 Å². The van der Waals surface area contributed by atoms with Crippen LogP contribution in [0.2, 0.25) is 0 Å². The van der Waals surface area contributed by atoms with Crippen LogP contribution in [0.5, 0.6) is 0 Å². The van der Waals surface area contributed by atoms with Gasteiger partial charge < -0.3 is 5.73 Å². The fraction of sp³-hybridized carbons (Fsp3) is 0.750. The maximum absolute atomic E-state index is 6.09. The van der Waals surface area contributed by atoms with Crippen molar-refractivity contribution in [1.29, 1.82) is 0 Å². The highest BCUT2D eigenvalue weighted by atomic mass is 15.2. The van der Waals surface area contributed by atoms with Crippen molar-refractivity contribution in [2.75, 3.05) is 0 Å². The Labute approximate surface area is 92.7 Å². The van der Waals surface area contributed by atoms with E-state index in [1.165, 1.54) is 12.1 Å². The van der Waals surface area contributed by atoms with Gasteiger partial charge in [0.1, 0.15) is 0 Å². The van der Waals surface area contributed by atoms with Gasteiger partial charge in [-0.15, -0.1) is 0 Å². The minimum atomic E-state index is 0.329. The van der Waals surface area contributed by atoms with E-state index in [1.54, 1.807) is 0 Å². The smallest absolute Gasteiger partial charge is 0.0492 e. The molecule has 86 valence electrons. The molecule has 2 atom stereocenters. The van der Waals surface area contributed by atoms with E-state index in [0.29, 0.717) is 6.04 Å². The Morgan fingerprint density at radius 1 is 1.53 bits per heavy atom. The van der Waals surface area contributed by atoms with Crippen molar-refractivity contribution in [3.05, 3.63) is 18.0 Å². The summed E-state index contributed by atoms with van der Waals surface area (Å²) in [6.07, 6.45) is 6.29. The van der Waals surface area contributed by atoms with E-state index in [0.717, 1.165) is 25.2 Å². The summed E-state index contributed by atoms with van der Waals surface area (Å²) in [6, 6.07) is 2.39. The highest BCUT2D eigenvalue weighted by molar-refractivity contribution is 5.00. The highest BCUT2D eigenvalue weighted by Crippen LogP contribution is 2.12. The fourth-order valence-electron chi connectivity index (χ4n) is 1.78. The number of hydrogen-bond acceptors (Lipinski definition) is 2. The minimum absolute atomic E-state index is 0.329. The Morgan fingerprint density at radius 3 is 2.80 bits per heavy atom. The lowest BCUT2D eigenvalue weighted by Crippen LogP contribution is -2.23. The van der Waals surface area contributed by atoms with E-state index >= 15 is 0 Å². The fourth-order valence-corrected chi connectivity index (χ4v) is 1.78. The summed E-state index contributed by atoms with van der Waals surface area (Å²) in [5, 5.41) is 4.15. The number of nitrogens with two attached hydrogens (primary N) is 1. The van der Waals surface area contributed by atoms with Gasteiger partial charge in [0.25, 0.3) is 0 Å². The molecule has 0 amide bonds. The third-order valence-electron chi connectivity index (χ3n) is 3.10. The second-order valence-electron chi connectivity index (χ2n) is 4.49. The molecule has 1 rings (SSSR count). The van der Waals surface area contributed by atoms with Crippen LogP contribution in [0.1, 0.15) is 38.8 Å². The SMILES string of the molecule is CCC(C)CC(N)CCc1ccnn1C. The molecule has 0 aliphatic heterocycles. The molecule has 0 aliphatic carbocycles. The Morgan fingerprint density at radius 2 is 2.27 bits per heavy atom. The van der Waals surface area contributed by atoms with Crippen LogP contribution in [0.25, 0.3) is 0 Å². The van der Waals surface area contributed by atoms with E-state index in [9.17, 15) is 0 Å². The highest BCUT2D eigenvalue weighted by Gasteiger charge is 2.08. The normalized spacial score (nSPS) is 15.2. The van der Waals surface area contributed by atoms with Gasteiger partial charge in [-0.1, -0.05) is 20.3 Å². The maximum Gasteiger partial charge on any atom is 0.0492 e. The van der Waals surface area contributed by atoms with Crippen LogP contribution in [-0.4, -0.2) is 15.8 Å².